The van der Waals surface area contributed by atoms with E-state index in [1.807, 2.05) is 25.1 Å². The van der Waals surface area contributed by atoms with Crippen molar-refractivity contribution in [3.8, 4) is 28.8 Å². The second kappa shape index (κ2) is 8.98. The molecule has 2 heterocycles. The van der Waals surface area contributed by atoms with Gasteiger partial charge >= 0.3 is 0 Å². The summed E-state index contributed by atoms with van der Waals surface area (Å²) in [5.74, 6) is -1.74. The maximum absolute atomic E-state index is 13.0. The summed E-state index contributed by atoms with van der Waals surface area (Å²) in [5.41, 5.74) is 2.89. The van der Waals surface area contributed by atoms with Crippen molar-refractivity contribution in [3.63, 3.8) is 0 Å². The third-order valence-electron chi connectivity index (χ3n) is 5.75. The normalized spacial score (nSPS) is 17.1. The van der Waals surface area contributed by atoms with Crippen LogP contribution in [0, 0.1) is 5.92 Å². The zero-order chi connectivity index (χ0) is 24.6. The molecule has 0 saturated heterocycles. The lowest BCUT2D eigenvalue weighted by atomic mass is 10.1. The average Bonchev–Trinajstić information content (AvgIpc) is 3.23. The van der Waals surface area contributed by atoms with Gasteiger partial charge in [0.2, 0.25) is 17.7 Å². The van der Waals surface area contributed by atoms with E-state index in [0.717, 1.165) is 5.56 Å². The summed E-state index contributed by atoms with van der Waals surface area (Å²) in [4.78, 5) is 20.2. The average molecular weight is 479 g/mol. The molecule has 1 N–H and O–H groups in total. The zero-order valence-corrected chi connectivity index (χ0v) is 19.1. The largest absolute Gasteiger partial charge is 0.493 e. The first kappa shape index (κ1) is 22.8. The van der Waals surface area contributed by atoms with Gasteiger partial charge in [-0.3, -0.25) is 4.79 Å². The molecule has 0 aliphatic heterocycles. The fourth-order valence-corrected chi connectivity index (χ4v) is 3.68. The summed E-state index contributed by atoms with van der Waals surface area (Å²) in [5, 5.41) is 2.85. The van der Waals surface area contributed by atoms with E-state index >= 15 is 0 Å². The van der Waals surface area contributed by atoms with Crippen LogP contribution in [0.3, 0.4) is 0 Å². The number of fused-ring (bicyclic) bond motifs is 1. The molecule has 7 nitrogen and oxygen atoms in total. The van der Waals surface area contributed by atoms with Crippen LogP contribution in [0.25, 0.3) is 22.6 Å². The smallest absolute Gasteiger partial charge is 0.255 e. The number of aromatic nitrogens is 2. The van der Waals surface area contributed by atoms with Gasteiger partial charge in [-0.25, -0.2) is 18.7 Å². The number of amides is 1. The van der Waals surface area contributed by atoms with Crippen molar-refractivity contribution in [1.29, 1.82) is 0 Å². The molecule has 1 amide bonds. The fourth-order valence-electron chi connectivity index (χ4n) is 3.68. The Kier molecular flexibility index (Phi) is 5.84. The van der Waals surface area contributed by atoms with Crippen molar-refractivity contribution < 1.29 is 27.5 Å². The van der Waals surface area contributed by atoms with Crippen molar-refractivity contribution >= 4 is 17.0 Å². The molecule has 0 radical (unpaired) electrons. The van der Waals surface area contributed by atoms with E-state index < -0.39 is 11.8 Å². The Hall–Kier alpha value is -4.01. The highest BCUT2D eigenvalue weighted by atomic mass is 19.3. The van der Waals surface area contributed by atoms with Crippen molar-refractivity contribution in [1.82, 2.24) is 15.3 Å². The third-order valence-corrected chi connectivity index (χ3v) is 5.75. The van der Waals surface area contributed by atoms with Crippen LogP contribution in [-0.2, 0) is 4.79 Å². The molecule has 180 valence electrons. The number of hydrogen-bond acceptors (Lipinski definition) is 6. The molecule has 0 bridgehead atoms. The van der Waals surface area contributed by atoms with Crippen LogP contribution in [0.2, 0.25) is 0 Å². The maximum Gasteiger partial charge on any atom is 0.255 e. The van der Waals surface area contributed by atoms with Gasteiger partial charge in [-0.2, -0.15) is 0 Å². The summed E-state index contributed by atoms with van der Waals surface area (Å²) in [6.45, 7) is 3.35. The minimum absolute atomic E-state index is 0.0262. The molecule has 4 aromatic rings. The third kappa shape index (κ3) is 5.24. The Bertz CT molecular complexity index is 1370. The zero-order valence-electron chi connectivity index (χ0n) is 19.1. The Morgan fingerprint density at radius 2 is 2.00 bits per heavy atom. The van der Waals surface area contributed by atoms with Crippen LogP contribution in [0.4, 0.5) is 8.78 Å². The summed E-state index contributed by atoms with van der Waals surface area (Å²) in [6, 6.07) is 15.7. The highest BCUT2D eigenvalue weighted by Gasteiger charge is 2.57. The van der Waals surface area contributed by atoms with Crippen molar-refractivity contribution in [3.05, 3.63) is 66.4 Å². The Morgan fingerprint density at radius 1 is 1.20 bits per heavy atom. The Balaban J connectivity index is 1.26. The molecule has 1 aliphatic carbocycles. The number of hydrogen-bond donors (Lipinski definition) is 1. The van der Waals surface area contributed by atoms with Gasteiger partial charge in [0.1, 0.15) is 17.0 Å². The molecular formula is C26H23F2N3O4. The molecule has 2 aromatic carbocycles. The van der Waals surface area contributed by atoms with E-state index in [-0.39, 0.29) is 25.0 Å². The number of halogens is 2. The number of carbonyl (C=O) groups excluding carboxylic acids is 1. The van der Waals surface area contributed by atoms with Gasteiger partial charge in [-0.05, 0) is 42.8 Å². The summed E-state index contributed by atoms with van der Waals surface area (Å²) >= 11 is 0. The lowest BCUT2D eigenvalue weighted by molar-refractivity contribution is -0.119. The number of ether oxygens (including phenoxy) is 2. The summed E-state index contributed by atoms with van der Waals surface area (Å²) in [7, 11) is 0. The molecule has 2 atom stereocenters. The number of nitrogens with one attached hydrogen (secondary N) is 1. The second-order valence-corrected chi connectivity index (χ2v) is 8.60. The summed E-state index contributed by atoms with van der Waals surface area (Å²) < 4.78 is 43.2. The van der Waals surface area contributed by atoms with Crippen molar-refractivity contribution in [2.45, 2.75) is 32.2 Å². The summed E-state index contributed by atoms with van der Waals surface area (Å²) in [6.07, 6.45) is 1.47. The molecular weight excluding hydrogens is 456 g/mol. The molecule has 1 aliphatic rings. The number of nitrogens with zero attached hydrogens (tertiary/aromatic N) is 2. The molecule has 35 heavy (non-hydrogen) atoms. The highest BCUT2D eigenvalue weighted by molar-refractivity contribution is 5.77. The van der Waals surface area contributed by atoms with Gasteiger partial charge in [0.25, 0.3) is 5.92 Å². The highest BCUT2D eigenvalue weighted by Crippen LogP contribution is 2.48. The monoisotopic (exact) mass is 479 g/mol. The lowest BCUT2D eigenvalue weighted by Gasteiger charge is -2.12. The first-order valence-corrected chi connectivity index (χ1v) is 11.2. The molecule has 0 spiro atoms. The van der Waals surface area contributed by atoms with Gasteiger partial charge < -0.3 is 19.2 Å². The lowest BCUT2D eigenvalue weighted by Crippen LogP contribution is -2.23. The van der Waals surface area contributed by atoms with E-state index in [1.165, 1.54) is 6.92 Å². The number of rotatable bonds is 8. The topological polar surface area (TPSA) is 86.5 Å². The first-order valence-electron chi connectivity index (χ1n) is 11.2. The maximum atomic E-state index is 13.0. The van der Waals surface area contributed by atoms with E-state index in [1.54, 1.807) is 42.6 Å². The van der Waals surface area contributed by atoms with Gasteiger partial charge in [0.15, 0.2) is 5.58 Å². The fraction of sp³-hybridized carbons (Fsp3) is 0.269. The van der Waals surface area contributed by atoms with E-state index in [2.05, 4.69) is 15.3 Å². The van der Waals surface area contributed by atoms with Crippen LogP contribution >= 0.6 is 0 Å². The predicted octanol–water partition coefficient (Wildman–Crippen LogP) is 5.91. The number of oxazole rings is 1. The molecule has 5 rings (SSSR count). The van der Waals surface area contributed by atoms with E-state index in [4.69, 9.17) is 13.9 Å². The molecule has 1 fully saturated rings. The second-order valence-electron chi connectivity index (χ2n) is 8.60. The predicted molar refractivity (Wildman–Crippen MR) is 125 cm³/mol. The van der Waals surface area contributed by atoms with Crippen LogP contribution in [-0.4, -0.2) is 28.4 Å². The Morgan fingerprint density at radius 3 is 2.71 bits per heavy atom. The van der Waals surface area contributed by atoms with Gasteiger partial charge in [-0.15, -0.1) is 0 Å². The molecule has 9 heteroatoms. The van der Waals surface area contributed by atoms with Gasteiger partial charge in [-0.1, -0.05) is 12.1 Å². The molecule has 2 aromatic heterocycles. The molecule has 1 unspecified atom stereocenters. The minimum atomic E-state index is -2.61. The first-order chi connectivity index (χ1) is 16.8. The van der Waals surface area contributed by atoms with Crippen LogP contribution in [0.1, 0.15) is 31.9 Å². The minimum Gasteiger partial charge on any atom is -0.493 e. The van der Waals surface area contributed by atoms with E-state index in [0.29, 0.717) is 39.9 Å². The van der Waals surface area contributed by atoms with Crippen LogP contribution in [0.5, 0.6) is 17.4 Å². The van der Waals surface area contributed by atoms with Crippen LogP contribution < -0.4 is 14.8 Å². The van der Waals surface area contributed by atoms with Gasteiger partial charge in [0.05, 0.1) is 24.1 Å². The standard InChI is InChI=1S/C26H23F2N3O4/c1-15(30-16(2)32)17-6-8-22-23(10-17)35-25(31-22)18-7-9-24(29-13-18)34-21-5-3-4-20(11-21)33-14-19-12-26(19,27)28/h3-11,13,15,19H,12,14H2,1-2H3,(H,30,32)/t15?,19-/m0/s1. The number of benzene rings is 2. The van der Waals surface area contributed by atoms with Crippen LogP contribution in [0.15, 0.2) is 65.2 Å². The van der Waals surface area contributed by atoms with Crippen molar-refractivity contribution in [2.24, 2.45) is 5.92 Å². The van der Waals surface area contributed by atoms with E-state index in [9.17, 15) is 13.6 Å². The van der Waals surface area contributed by atoms with Crippen molar-refractivity contribution in [2.75, 3.05) is 6.61 Å². The quantitative estimate of drug-likeness (QED) is 0.338. The Labute approximate surface area is 200 Å². The SMILES string of the molecule is CC(=O)NC(C)c1ccc2nc(-c3ccc(Oc4cccc(OC[C@@H]5CC5(F)F)c4)nc3)oc2c1. The van der Waals surface area contributed by atoms with Gasteiger partial charge in [0, 0.05) is 31.7 Å². The number of pyridine rings is 1. The molecule has 1 saturated carbocycles. The number of carbonyl (C=O) groups is 1. The number of alkyl halides is 2.